The molecule has 0 atom stereocenters. The fourth-order valence-electron chi connectivity index (χ4n) is 1.44. The van der Waals surface area contributed by atoms with Crippen LogP contribution in [0.3, 0.4) is 0 Å². The number of hydrogen-bond donors (Lipinski definition) is 0. The van der Waals surface area contributed by atoms with Crippen molar-refractivity contribution in [1.29, 1.82) is 0 Å². The van der Waals surface area contributed by atoms with E-state index >= 15 is 0 Å². The Balaban J connectivity index is 2.08. The molecule has 2 aromatic carbocycles. The van der Waals surface area contributed by atoms with Crippen LogP contribution in [0.2, 0.25) is 0 Å². The summed E-state index contributed by atoms with van der Waals surface area (Å²) in [6.45, 7) is 2.56. The van der Waals surface area contributed by atoms with Crippen molar-refractivity contribution in [2.45, 2.75) is 6.92 Å². The van der Waals surface area contributed by atoms with Gasteiger partial charge in [0.25, 0.3) is 0 Å². The molecule has 0 N–H and O–H groups in total. The second kappa shape index (κ2) is 5.34. The summed E-state index contributed by atoms with van der Waals surface area (Å²) < 4.78 is 23.7. The predicted octanol–water partition coefficient (Wildman–Crippen LogP) is 4.02. The molecule has 0 saturated heterocycles. The van der Waals surface area contributed by atoms with Gasteiger partial charge in [0.05, 0.1) is 6.61 Å². The molecule has 88 valence electrons. The lowest BCUT2D eigenvalue weighted by molar-refractivity contribution is 0.339. The van der Waals surface area contributed by atoms with Crippen molar-refractivity contribution in [1.82, 2.24) is 0 Å². The largest absolute Gasteiger partial charge is 0.494 e. The highest BCUT2D eigenvalue weighted by molar-refractivity contribution is 5.35. The Kier molecular flexibility index (Phi) is 3.60. The molecule has 0 amide bonds. The Morgan fingerprint density at radius 1 is 0.941 bits per heavy atom. The maximum Gasteiger partial charge on any atom is 0.130 e. The van der Waals surface area contributed by atoms with Crippen LogP contribution in [-0.4, -0.2) is 6.61 Å². The molecule has 0 unspecified atom stereocenters. The van der Waals surface area contributed by atoms with Crippen molar-refractivity contribution in [2.75, 3.05) is 6.61 Å². The van der Waals surface area contributed by atoms with Gasteiger partial charge >= 0.3 is 0 Å². The van der Waals surface area contributed by atoms with Gasteiger partial charge in [-0.2, -0.15) is 0 Å². The number of halogens is 1. The third kappa shape index (κ3) is 3.21. The molecule has 0 aliphatic carbocycles. The molecule has 17 heavy (non-hydrogen) atoms. The SMILES string of the molecule is CCOc1ccc(Oc2cccc(F)c2)cc1. The van der Waals surface area contributed by atoms with Crippen LogP contribution in [0.25, 0.3) is 0 Å². The summed E-state index contributed by atoms with van der Waals surface area (Å²) in [6, 6.07) is 13.3. The van der Waals surface area contributed by atoms with Gasteiger partial charge < -0.3 is 9.47 Å². The summed E-state index contributed by atoms with van der Waals surface area (Å²) in [7, 11) is 0. The summed E-state index contributed by atoms with van der Waals surface area (Å²) in [5.41, 5.74) is 0. The zero-order valence-corrected chi connectivity index (χ0v) is 9.52. The summed E-state index contributed by atoms with van der Waals surface area (Å²) in [5.74, 6) is 1.61. The Labute approximate surface area is 99.6 Å². The Morgan fingerprint density at radius 2 is 1.65 bits per heavy atom. The minimum atomic E-state index is -0.312. The molecule has 3 heteroatoms. The summed E-state index contributed by atoms with van der Waals surface area (Å²) in [5, 5.41) is 0. The lowest BCUT2D eigenvalue weighted by Gasteiger charge is -2.07. The van der Waals surface area contributed by atoms with Crippen molar-refractivity contribution in [3.8, 4) is 17.2 Å². The van der Waals surface area contributed by atoms with Gasteiger partial charge in [0.15, 0.2) is 0 Å². The molecule has 0 aliphatic heterocycles. The van der Waals surface area contributed by atoms with Crippen molar-refractivity contribution >= 4 is 0 Å². The fraction of sp³-hybridized carbons (Fsp3) is 0.143. The third-order valence-electron chi connectivity index (χ3n) is 2.17. The highest BCUT2D eigenvalue weighted by atomic mass is 19.1. The van der Waals surface area contributed by atoms with Gasteiger partial charge in [0.1, 0.15) is 23.1 Å². The van der Waals surface area contributed by atoms with Gasteiger partial charge in [-0.3, -0.25) is 0 Å². The molecule has 0 fully saturated rings. The average Bonchev–Trinajstić information content (AvgIpc) is 2.32. The van der Waals surface area contributed by atoms with Crippen molar-refractivity contribution in [3.63, 3.8) is 0 Å². The lowest BCUT2D eigenvalue weighted by Crippen LogP contribution is -1.91. The zero-order valence-electron chi connectivity index (χ0n) is 9.52. The van der Waals surface area contributed by atoms with E-state index in [4.69, 9.17) is 9.47 Å². The fourth-order valence-corrected chi connectivity index (χ4v) is 1.44. The van der Waals surface area contributed by atoms with Crippen LogP contribution in [0.5, 0.6) is 17.2 Å². The minimum Gasteiger partial charge on any atom is -0.494 e. The van der Waals surface area contributed by atoms with Crippen molar-refractivity contribution in [3.05, 3.63) is 54.3 Å². The third-order valence-corrected chi connectivity index (χ3v) is 2.17. The number of benzene rings is 2. The predicted molar refractivity (Wildman–Crippen MR) is 64.1 cm³/mol. The zero-order chi connectivity index (χ0) is 12.1. The topological polar surface area (TPSA) is 18.5 Å². The highest BCUT2D eigenvalue weighted by Gasteiger charge is 1.99. The first-order valence-corrected chi connectivity index (χ1v) is 5.44. The molecule has 0 heterocycles. The highest BCUT2D eigenvalue weighted by Crippen LogP contribution is 2.24. The van der Waals surface area contributed by atoms with Crippen LogP contribution in [0.15, 0.2) is 48.5 Å². The Hall–Kier alpha value is -2.03. The maximum atomic E-state index is 12.9. The molecule has 2 rings (SSSR count). The van der Waals surface area contributed by atoms with E-state index in [9.17, 15) is 4.39 Å². The number of rotatable bonds is 4. The van der Waals surface area contributed by atoms with E-state index in [1.807, 2.05) is 19.1 Å². The van der Waals surface area contributed by atoms with E-state index in [-0.39, 0.29) is 5.82 Å². The van der Waals surface area contributed by atoms with Gasteiger partial charge in [0, 0.05) is 6.07 Å². The van der Waals surface area contributed by atoms with Gasteiger partial charge in [-0.15, -0.1) is 0 Å². The van der Waals surface area contributed by atoms with E-state index in [0.717, 1.165) is 5.75 Å². The second-order valence-corrected chi connectivity index (χ2v) is 3.46. The van der Waals surface area contributed by atoms with Gasteiger partial charge in [-0.25, -0.2) is 4.39 Å². The molecule has 0 bridgehead atoms. The monoisotopic (exact) mass is 232 g/mol. The van der Waals surface area contributed by atoms with Crippen LogP contribution < -0.4 is 9.47 Å². The Morgan fingerprint density at radius 3 is 2.29 bits per heavy atom. The number of hydrogen-bond acceptors (Lipinski definition) is 2. The molecular formula is C14H13FO2. The van der Waals surface area contributed by atoms with E-state index < -0.39 is 0 Å². The van der Waals surface area contributed by atoms with Crippen LogP contribution in [0, 0.1) is 5.82 Å². The molecule has 0 spiro atoms. The Bertz CT molecular complexity index is 480. The summed E-state index contributed by atoms with van der Waals surface area (Å²) >= 11 is 0. The van der Waals surface area contributed by atoms with E-state index in [2.05, 4.69) is 0 Å². The normalized spacial score (nSPS) is 10.0. The minimum absolute atomic E-state index is 0.312. The molecule has 2 aromatic rings. The van der Waals surface area contributed by atoms with Gasteiger partial charge in [-0.1, -0.05) is 6.07 Å². The van der Waals surface area contributed by atoms with Crippen LogP contribution in [-0.2, 0) is 0 Å². The van der Waals surface area contributed by atoms with E-state index in [0.29, 0.717) is 18.1 Å². The second-order valence-electron chi connectivity index (χ2n) is 3.46. The van der Waals surface area contributed by atoms with Gasteiger partial charge in [-0.05, 0) is 43.3 Å². The molecule has 0 radical (unpaired) electrons. The maximum absolute atomic E-state index is 12.9. The molecule has 0 saturated carbocycles. The van der Waals surface area contributed by atoms with Crippen LogP contribution in [0.1, 0.15) is 6.92 Å². The standard InChI is InChI=1S/C14H13FO2/c1-2-16-12-6-8-13(9-7-12)17-14-5-3-4-11(15)10-14/h3-10H,2H2,1H3. The van der Waals surface area contributed by atoms with Crippen molar-refractivity contribution in [2.24, 2.45) is 0 Å². The number of ether oxygens (including phenoxy) is 2. The van der Waals surface area contributed by atoms with Crippen LogP contribution in [0.4, 0.5) is 4.39 Å². The molecule has 0 aromatic heterocycles. The first-order valence-electron chi connectivity index (χ1n) is 5.44. The van der Waals surface area contributed by atoms with Gasteiger partial charge in [0.2, 0.25) is 0 Å². The van der Waals surface area contributed by atoms with Crippen molar-refractivity contribution < 1.29 is 13.9 Å². The summed E-state index contributed by atoms with van der Waals surface area (Å²) in [4.78, 5) is 0. The quantitative estimate of drug-likeness (QED) is 0.792. The van der Waals surface area contributed by atoms with E-state index in [1.54, 1.807) is 24.3 Å². The molecular weight excluding hydrogens is 219 g/mol. The molecule has 2 nitrogen and oxygen atoms in total. The molecule has 0 aliphatic rings. The summed E-state index contributed by atoms with van der Waals surface area (Å²) in [6.07, 6.45) is 0. The first kappa shape index (κ1) is 11.5. The smallest absolute Gasteiger partial charge is 0.130 e. The lowest BCUT2D eigenvalue weighted by atomic mass is 10.3. The van der Waals surface area contributed by atoms with E-state index in [1.165, 1.54) is 12.1 Å². The average molecular weight is 232 g/mol. The van der Waals surface area contributed by atoms with Crippen LogP contribution >= 0.6 is 0 Å². The first-order chi connectivity index (χ1) is 8.28.